The van der Waals surface area contributed by atoms with Crippen molar-refractivity contribution in [2.24, 2.45) is 4.99 Å². The van der Waals surface area contributed by atoms with Crippen molar-refractivity contribution in [3.05, 3.63) is 41.7 Å². The van der Waals surface area contributed by atoms with Gasteiger partial charge in [0, 0.05) is 30.7 Å². The first-order chi connectivity index (χ1) is 14.4. The van der Waals surface area contributed by atoms with E-state index in [9.17, 15) is 14.4 Å². The van der Waals surface area contributed by atoms with Crippen molar-refractivity contribution in [1.82, 2.24) is 14.7 Å². The molecular weight excluding hydrogens is 386 g/mol. The highest BCUT2D eigenvalue weighted by Crippen LogP contribution is 2.39. The van der Waals surface area contributed by atoms with Gasteiger partial charge in [-0.15, -0.1) is 0 Å². The van der Waals surface area contributed by atoms with E-state index in [1.807, 2.05) is 54.0 Å². The highest BCUT2D eigenvalue weighted by molar-refractivity contribution is 6.10. The molecule has 0 spiro atoms. The van der Waals surface area contributed by atoms with E-state index in [1.54, 1.807) is 14.0 Å². The van der Waals surface area contributed by atoms with Crippen molar-refractivity contribution in [2.75, 3.05) is 25.1 Å². The van der Waals surface area contributed by atoms with E-state index in [0.717, 1.165) is 22.0 Å². The number of likely N-dealkylation sites (N-methyl/N-ethyl adjacent to an activating group) is 1. The average molecular weight is 411 g/mol. The number of amides is 3. The van der Waals surface area contributed by atoms with Crippen molar-refractivity contribution in [2.45, 2.75) is 39.4 Å². The Morgan fingerprint density at radius 3 is 2.50 bits per heavy atom. The molecule has 2 atom stereocenters. The second-order valence-corrected chi connectivity index (χ2v) is 7.44. The predicted molar refractivity (Wildman–Crippen MR) is 110 cm³/mol. The molecular formula is C21H25N5O4. The molecule has 3 amide bonds. The molecule has 4 rings (SSSR count). The number of nitrogens with zero attached hydrogens (tertiary/aromatic N) is 5. The Hall–Kier alpha value is -3.36. The smallest absolute Gasteiger partial charge is 0.328 e. The fraction of sp³-hybridized carbons (Fsp3) is 0.429. The van der Waals surface area contributed by atoms with Gasteiger partial charge in [0.2, 0.25) is 5.96 Å². The zero-order valence-corrected chi connectivity index (χ0v) is 17.5. The molecule has 3 heterocycles. The van der Waals surface area contributed by atoms with Gasteiger partial charge in [0.25, 0.3) is 5.91 Å². The minimum absolute atomic E-state index is 0.0165. The number of ether oxygens (including phenoxy) is 1. The van der Waals surface area contributed by atoms with Crippen molar-refractivity contribution in [3.63, 3.8) is 0 Å². The number of aliphatic imine (C=N–C) groups is 1. The van der Waals surface area contributed by atoms with Crippen molar-refractivity contribution in [3.8, 4) is 0 Å². The molecule has 1 saturated heterocycles. The molecule has 0 aliphatic carbocycles. The van der Waals surface area contributed by atoms with E-state index < -0.39 is 24.2 Å². The van der Waals surface area contributed by atoms with Crippen LogP contribution in [-0.4, -0.2) is 71.0 Å². The van der Waals surface area contributed by atoms with Crippen LogP contribution in [0.15, 0.2) is 46.7 Å². The van der Waals surface area contributed by atoms with Gasteiger partial charge in [0.1, 0.15) is 0 Å². The van der Waals surface area contributed by atoms with Gasteiger partial charge in [-0.1, -0.05) is 18.2 Å². The van der Waals surface area contributed by atoms with Crippen LogP contribution in [0.2, 0.25) is 0 Å². The molecule has 9 heteroatoms. The lowest BCUT2D eigenvalue weighted by atomic mass is 10.1. The molecule has 1 fully saturated rings. The summed E-state index contributed by atoms with van der Waals surface area (Å²) in [7, 11) is 1.63. The lowest BCUT2D eigenvalue weighted by Gasteiger charge is -2.40. The van der Waals surface area contributed by atoms with E-state index in [-0.39, 0.29) is 25.5 Å². The monoisotopic (exact) mass is 411 g/mol. The first-order valence-electron chi connectivity index (χ1n) is 10.00. The quantitative estimate of drug-likeness (QED) is 0.689. The Morgan fingerprint density at radius 2 is 1.83 bits per heavy atom. The summed E-state index contributed by atoms with van der Waals surface area (Å²) in [5.74, 6) is -0.158. The van der Waals surface area contributed by atoms with Crippen LogP contribution in [0.4, 0.5) is 10.5 Å². The van der Waals surface area contributed by atoms with Gasteiger partial charge in [0.15, 0.2) is 12.2 Å². The Balaban J connectivity index is 1.65. The largest absolute Gasteiger partial charge is 0.466 e. The molecule has 0 radical (unpaired) electrons. The number of para-hydroxylation sites is 1. The summed E-state index contributed by atoms with van der Waals surface area (Å²) in [5, 5.41) is 0. The molecule has 30 heavy (non-hydrogen) atoms. The number of carbonyl (C=O) groups excluding carboxylic acids is 3. The van der Waals surface area contributed by atoms with Crippen molar-refractivity contribution in [1.29, 1.82) is 0 Å². The number of esters is 1. The van der Waals surface area contributed by atoms with Crippen LogP contribution in [0.5, 0.6) is 0 Å². The number of hydrogen-bond acceptors (Lipinski definition) is 7. The molecule has 3 aliphatic heterocycles. The first kappa shape index (κ1) is 19.9. The van der Waals surface area contributed by atoms with Gasteiger partial charge in [-0.3, -0.25) is 24.3 Å². The molecule has 0 aromatic heterocycles. The topological polar surface area (TPSA) is 85.8 Å². The third-order valence-corrected chi connectivity index (χ3v) is 5.75. The van der Waals surface area contributed by atoms with E-state index in [0.29, 0.717) is 5.96 Å². The van der Waals surface area contributed by atoms with Crippen LogP contribution in [-0.2, 0) is 14.3 Å². The molecule has 1 aromatic rings. The minimum atomic E-state index is -0.659. The second kappa shape index (κ2) is 7.47. The third kappa shape index (κ3) is 2.92. The number of anilines is 1. The van der Waals surface area contributed by atoms with E-state index in [2.05, 4.69) is 0 Å². The molecule has 1 aromatic carbocycles. The van der Waals surface area contributed by atoms with Gasteiger partial charge >= 0.3 is 12.0 Å². The molecule has 0 N–H and O–H groups in total. The maximum atomic E-state index is 13.3. The van der Waals surface area contributed by atoms with Crippen molar-refractivity contribution >= 4 is 29.6 Å². The highest BCUT2D eigenvalue weighted by Gasteiger charge is 2.55. The van der Waals surface area contributed by atoms with Crippen LogP contribution >= 0.6 is 0 Å². The lowest BCUT2D eigenvalue weighted by molar-refractivity contribution is -0.144. The van der Waals surface area contributed by atoms with E-state index in [1.165, 1.54) is 4.90 Å². The Morgan fingerprint density at radius 1 is 1.13 bits per heavy atom. The van der Waals surface area contributed by atoms with Crippen LogP contribution in [0.3, 0.4) is 0 Å². The fourth-order valence-corrected chi connectivity index (χ4v) is 4.14. The first-order valence-corrected chi connectivity index (χ1v) is 10.00. The van der Waals surface area contributed by atoms with Gasteiger partial charge in [-0.2, -0.15) is 0 Å². The highest BCUT2D eigenvalue weighted by atomic mass is 16.5. The number of carbonyl (C=O) groups is 3. The molecule has 9 nitrogen and oxygen atoms in total. The van der Waals surface area contributed by atoms with E-state index in [4.69, 9.17) is 9.73 Å². The van der Waals surface area contributed by atoms with Gasteiger partial charge < -0.3 is 9.64 Å². The summed E-state index contributed by atoms with van der Waals surface area (Å²) < 4.78 is 4.93. The van der Waals surface area contributed by atoms with Gasteiger partial charge in [0.05, 0.1) is 13.0 Å². The molecule has 2 unspecified atom stereocenters. The van der Waals surface area contributed by atoms with Gasteiger partial charge in [-0.25, -0.2) is 9.79 Å². The molecule has 158 valence electrons. The number of benzene rings is 1. The second-order valence-electron chi connectivity index (χ2n) is 7.44. The number of rotatable bonds is 5. The summed E-state index contributed by atoms with van der Waals surface area (Å²) in [6.45, 7) is 5.89. The molecule has 0 bridgehead atoms. The third-order valence-electron chi connectivity index (χ3n) is 5.75. The average Bonchev–Trinajstić information content (AvgIpc) is 3.23. The number of guanidine groups is 1. The lowest BCUT2D eigenvalue weighted by Crippen LogP contribution is -2.64. The minimum Gasteiger partial charge on any atom is -0.466 e. The zero-order chi connectivity index (χ0) is 21.6. The zero-order valence-electron chi connectivity index (χ0n) is 17.5. The summed E-state index contributed by atoms with van der Waals surface area (Å²) in [4.78, 5) is 49.2. The van der Waals surface area contributed by atoms with Crippen LogP contribution in [0.25, 0.3) is 0 Å². The maximum absolute atomic E-state index is 13.3. The number of urea groups is 1. The maximum Gasteiger partial charge on any atom is 0.328 e. The number of fused-ring (bicyclic) bond motifs is 3. The normalized spacial score (nSPS) is 23.1. The molecule has 0 saturated carbocycles. The number of imide groups is 1. The summed E-state index contributed by atoms with van der Waals surface area (Å²) in [6.07, 6.45) is -0.651. The van der Waals surface area contributed by atoms with Crippen LogP contribution in [0, 0.1) is 0 Å². The summed E-state index contributed by atoms with van der Waals surface area (Å²) in [6, 6.07) is 8.67. The predicted octanol–water partition coefficient (Wildman–Crippen LogP) is 1.97. The van der Waals surface area contributed by atoms with Crippen LogP contribution < -0.4 is 4.90 Å². The summed E-state index contributed by atoms with van der Waals surface area (Å²) >= 11 is 0. The summed E-state index contributed by atoms with van der Waals surface area (Å²) in [5.41, 5.74) is 2.82. The SMILES string of the molecule is CCOC(=O)CCN1C(=O)C2C(N=C3N(c4ccccc4)C(C)=C(C)N32)N(C)C1=O. The van der Waals surface area contributed by atoms with Crippen LogP contribution in [0.1, 0.15) is 27.2 Å². The Bertz CT molecular complexity index is 957. The standard InChI is InChI=1S/C21H25N5O4/c1-5-30-16(27)11-12-24-19(28)17-18(23(4)21(24)29)22-20-25(13(2)14(3)26(17)20)15-9-7-6-8-10-15/h6-10,17-18H,5,11-12H2,1-4H3. The van der Waals surface area contributed by atoms with E-state index >= 15 is 0 Å². The Labute approximate surface area is 175 Å². The van der Waals surface area contributed by atoms with Gasteiger partial charge in [-0.05, 0) is 32.9 Å². The molecule has 3 aliphatic rings. The van der Waals surface area contributed by atoms with Crippen molar-refractivity contribution < 1.29 is 19.1 Å². The fourth-order valence-electron chi connectivity index (χ4n) is 4.14. The Kier molecular flexibility index (Phi) is 4.97. The number of allylic oxidation sites excluding steroid dienone is 2. The number of hydrogen-bond donors (Lipinski definition) is 0.